The number of ether oxygens (including phenoxy) is 1. The van der Waals surface area contributed by atoms with Gasteiger partial charge < -0.3 is 15.4 Å². The minimum atomic E-state index is 0.544. The summed E-state index contributed by atoms with van der Waals surface area (Å²) in [5.41, 5.74) is 2.80. The average Bonchev–Trinajstić information content (AvgIpc) is 3.02. The van der Waals surface area contributed by atoms with Gasteiger partial charge in [0.05, 0.1) is 13.2 Å². The monoisotopic (exact) mass is 302 g/mol. The third-order valence-corrected chi connectivity index (χ3v) is 5.33. The second-order valence-electron chi connectivity index (χ2n) is 7.06. The van der Waals surface area contributed by atoms with Crippen molar-refractivity contribution in [1.29, 1.82) is 0 Å². The summed E-state index contributed by atoms with van der Waals surface area (Å²) in [6.45, 7) is 8.33. The molecule has 1 aromatic carbocycles. The fourth-order valence-corrected chi connectivity index (χ4v) is 4.01. The molecule has 0 radical (unpaired) electrons. The highest BCUT2D eigenvalue weighted by Gasteiger charge is 2.34. The van der Waals surface area contributed by atoms with Gasteiger partial charge in [-0.1, -0.05) is 43.2 Å². The molecule has 1 aromatic rings. The summed E-state index contributed by atoms with van der Waals surface area (Å²) in [6, 6.07) is 10.1. The van der Waals surface area contributed by atoms with Crippen LogP contribution in [0.1, 0.15) is 43.2 Å². The van der Waals surface area contributed by atoms with Gasteiger partial charge in [0.15, 0.2) is 0 Å². The maximum atomic E-state index is 5.66. The summed E-state index contributed by atoms with van der Waals surface area (Å²) in [7, 11) is 0. The summed E-state index contributed by atoms with van der Waals surface area (Å²) in [5.74, 6) is 1.29. The highest BCUT2D eigenvalue weighted by Crippen LogP contribution is 2.30. The van der Waals surface area contributed by atoms with Crippen molar-refractivity contribution in [3.8, 4) is 0 Å². The van der Waals surface area contributed by atoms with Crippen LogP contribution in [0.15, 0.2) is 24.3 Å². The Kier molecular flexibility index (Phi) is 5.51. The maximum Gasteiger partial charge on any atom is 0.0623 e. The molecule has 0 spiro atoms. The standard InChI is InChI=1S/C19H30N2O/c1-14-5-3-6-16(11-14)15(2)12-21-18-8-4-7-17(18)19-13-22-10-9-20-19/h3,5-6,11,15,17-21H,4,7-10,12-13H2,1-2H3. The topological polar surface area (TPSA) is 33.3 Å². The zero-order chi connectivity index (χ0) is 15.4. The van der Waals surface area contributed by atoms with E-state index in [2.05, 4.69) is 48.7 Å². The molecule has 1 saturated heterocycles. The van der Waals surface area contributed by atoms with Gasteiger partial charge >= 0.3 is 0 Å². The van der Waals surface area contributed by atoms with Crippen molar-refractivity contribution in [2.45, 2.75) is 51.1 Å². The number of nitrogens with one attached hydrogen (secondary N) is 2. The zero-order valence-corrected chi connectivity index (χ0v) is 14.0. The zero-order valence-electron chi connectivity index (χ0n) is 14.0. The first-order valence-corrected chi connectivity index (χ1v) is 8.85. The lowest BCUT2D eigenvalue weighted by Gasteiger charge is -2.33. The first-order valence-electron chi connectivity index (χ1n) is 8.85. The molecule has 1 heterocycles. The van der Waals surface area contributed by atoms with Gasteiger partial charge in [0, 0.05) is 25.2 Å². The molecule has 122 valence electrons. The molecule has 1 aliphatic carbocycles. The van der Waals surface area contributed by atoms with Crippen molar-refractivity contribution in [2.24, 2.45) is 5.92 Å². The minimum absolute atomic E-state index is 0.544. The van der Waals surface area contributed by atoms with E-state index in [1.165, 1.54) is 30.4 Å². The number of morpholine rings is 1. The SMILES string of the molecule is Cc1cccc(C(C)CNC2CCCC2C2COCCN2)c1. The van der Waals surface area contributed by atoms with Crippen molar-refractivity contribution < 1.29 is 4.74 Å². The summed E-state index contributed by atoms with van der Waals surface area (Å²) < 4.78 is 5.66. The molecule has 3 rings (SSSR count). The lowest BCUT2D eigenvalue weighted by molar-refractivity contribution is 0.0525. The average molecular weight is 302 g/mol. The van der Waals surface area contributed by atoms with Crippen molar-refractivity contribution in [2.75, 3.05) is 26.3 Å². The third kappa shape index (κ3) is 3.89. The predicted molar refractivity (Wildman–Crippen MR) is 91.3 cm³/mol. The number of benzene rings is 1. The second-order valence-corrected chi connectivity index (χ2v) is 7.06. The number of rotatable bonds is 5. The fraction of sp³-hybridized carbons (Fsp3) is 0.684. The van der Waals surface area contributed by atoms with E-state index in [4.69, 9.17) is 4.74 Å². The van der Waals surface area contributed by atoms with Gasteiger partial charge in [0.2, 0.25) is 0 Å². The fourth-order valence-electron chi connectivity index (χ4n) is 4.01. The third-order valence-electron chi connectivity index (χ3n) is 5.33. The Morgan fingerprint density at radius 1 is 1.36 bits per heavy atom. The highest BCUT2D eigenvalue weighted by atomic mass is 16.5. The summed E-state index contributed by atoms with van der Waals surface area (Å²) in [6.07, 6.45) is 3.99. The second kappa shape index (κ2) is 7.58. The lowest BCUT2D eigenvalue weighted by Crippen LogP contribution is -2.51. The molecule has 3 heteroatoms. The van der Waals surface area contributed by atoms with Gasteiger partial charge in [-0.25, -0.2) is 0 Å². The van der Waals surface area contributed by atoms with E-state index < -0.39 is 0 Å². The molecule has 0 aromatic heterocycles. The maximum absolute atomic E-state index is 5.66. The Balaban J connectivity index is 1.53. The molecular formula is C19H30N2O. The van der Waals surface area contributed by atoms with Crippen LogP contribution >= 0.6 is 0 Å². The van der Waals surface area contributed by atoms with Crippen molar-refractivity contribution in [3.63, 3.8) is 0 Å². The van der Waals surface area contributed by atoms with Gasteiger partial charge in [0.1, 0.15) is 0 Å². The Morgan fingerprint density at radius 3 is 3.05 bits per heavy atom. The van der Waals surface area contributed by atoms with Crippen LogP contribution in [0, 0.1) is 12.8 Å². The summed E-state index contributed by atoms with van der Waals surface area (Å²) >= 11 is 0. The smallest absolute Gasteiger partial charge is 0.0623 e. The number of hydrogen-bond acceptors (Lipinski definition) is 3. The van der Waals surface area contributed by atoms with Crippen LogP contribution in [0.2, 0.25) is 0 Å². The minimum Gasteiger partial charge on any atom is -0.379 e. The largest absolute Gasteiger partial charge is 0.379 e. The molecule has 4 atom stereocenters. The Hall–Kier alpha value is -0.900. The van der Waals surface area contributed by atoms with Gasteiger partial charge in [0.25, 0.3) is 0 Å². The number of hydrogen-bond donors (Lipinski definition) is 2. The summed E-state index contributed by atoms with van der Waals surface area (Å²) in [5, 5.41) is 7.50. The van der Waals surface area contributed by atoms with Crippen LogP contribution < -0.4 is 10.6 Å². The first-order chi connectivity index (χ1) is 10.7. The van der Waals surface area contributed by atoms with Crippen molar-refractivity contribution >= 4 is 0 Å². The Labute approximate surface area is 134 Å². The van der Waals surface area contributed by atoms with Crippen LogP contribution in [0.5, 0.6) is 0 Å². The molecule has 2 N–H and O–H groups in total. The van der Waals surface area contributed by atoms with Gasteiger partial charge in [-0.2, -0.15) is 0 Å². The van der Waals surface area contributed by atoms with E-state index in [0.29, 0.717) is 18.0 Å². The van der Waals surface area contributed by atoms with E-state index in [1.54, 1.807) is 0 Å². The molecule has 0 amide bonds. The van der Waals surface area contributed by atoms with E-state index in [1.807, 2.05) is 0 Å². The van der Waals surface area contributed by atoms with E-state index >= 15 is 0 Å². The molecule has 4 unspecified atom stereocenters. The van der Waals surface area contributed by atoms with Crippen molar-refractivity contribution in [3.05, 3.63) is 35.4 Å². The molecule has 0 bridgehead atoms. The molecule has 2 fully saturated rings. The Bertz CT molecular complexity index is 470. The lowest BCUT2D eigenvalue weighted by atomic mass is 9.93. The number of aryl methyl sites for hydroxylation is 1. The van der Waals surface area contributed by atoms with Crippen molar-refractivity contribution in [1.82, 2.24) is 10.6 Å². The van der Waals surface area contributed by atoms with Gasteiger partial charge in [-0.05, 0) is 37.2 Å². The molecule has 3 nitrogen and oxygen atoms in total. The van der Waals surface area contributed by atoms with E-state index in [0.717, 1.165) is 32.2 Å². The Morgan fingerprint density at radius 2 is 2.27 bits per heavy atom. The van der Waals surface area contributed by atoms with Gasteiger partial charge in [-0.3, -0.25) is 0 Å². The first kappa shape index (κ1) is 16.0. The van der Waals surface area contributed by atoms with Crippen LogP contribution in [-0.4, -0.2) is 38.4 Å². The normalized spacial score (nSPS) is 30.4. The highest BCUT2D eigenvalue weighted by molar-refractivity contribution is 5.25. The van der Waals surface area contributed by atoms with Crippen LogP contribution in [0.3, 0.4) is 0 Å². The quantitative estimate of drug-likeness (QED) is 0.877. The van der Waals surface area contributed by atoms with E-state index in [9.17, 15) is 0 Å². The molecular weight excluding hydrogens is 272 g/mol. The predicted octanol–water partition coefficient (Wildman–Crippen LogP) is 2.85. The van der Waals surface area contributed by atoms with Gasteiger partial charge in [-0.15, -0.1) is 0 Å². The molecule has 22 heavy (non-hydrogen) atoms. The van der Waals surface area contributed by atoms with Crippen LogP contribution in [0.25, 0.3) is 0 Å². The molecule has 1 saturated carbocycles. The van der Waals surface area contributed by atoms with Crippen LogP contribution in [0.4, 0.5) is 0 Å². The molecule has 1 aliphatic heterocycles. The van der Waals surface area contributed by atoms with E-state index in [-0.39, 0.29) is 0 Å². The molecule has 2 aliphatic rings. The summed E-state index contributed by atoms with van der Waals surface area (Å²) in [4.78, 5) is 0. The van der Waals surface area contributed by atoms with Crippen LogP contribution in [-0.2, 0) is 4.74 Å².